The van der Waals surface area contributed by atoms with E-state index in [2.05, 4.69) is 44.0 Å². The van der Waals surface area contributed by atoms with E-state index in [0.29, 0.717) is 40.8 Å². The van der Waals surface area contributed by atoms with E-state index in [1.807, 2.05) is 12.1 Å². The average molecular weight is 597 g/mol. The van der Waals surface area contributed by atoms with Crippen molar-refractivity contribution in [1.29, 1.82) is 0 Å². The summed E-state index contributed by atoms with van der Waals surface area (Å²) < 4.78 is 17.4. The van der Waals surface area contributed by atoms with Crippen molar-refractivity contribution < 1.29 is 28.6 Å². The van der Waals surface area contributed by atoms with Gasteiger partial charge in [0.05, 0.1) is 19.9 Å². The van der Waals surface area contributed by atoms with Gasteiger partial charge in [0.15, 0.2) is 18.1 Å². The number of hydrazone groups is 1. The van der Waals surface area contributed by atoms with Gasteiger partial charge in [-0.15, -0.1) is 0 Å². The van der Waals surface area contributed by atoms with Crippen molar-refractivity contribution in [3.05, 3.63) is 76.8 Å². The average Bonchev–Trinajstić information content (AvgIpc) is 2.94. The van der Waals surface area contributed by atoms with Gasteiger partial charge in [0, 0.05) is 15.8 Å². The molecule has 204 valence electrons. The number of ether oxygens (including phenoxy) is 3. The van der Waals surface area contributed by atoms with E-state index in [1.165, 1.54) is 13.3 Å². The lowest BCUT2D eigenvalue weighted by Crippen LogP contribution is -2.32. The first-order valence-electron chi connectivity index (χ1n) is 12.1. The van der Waals surface area contributed by atoms with Gasteiger partial charge in [0.1, 0.15) is 5.75 Å². The van der Waals surface area contributed by atoms with Gasteiger partial charge in [0.25, 0.3) is 5.91 Å². The lowest BCUT2D eigenvalue weighted by Gasteiger charge is -2.11. The molecule has 11 heteroatoms. The Morgan fingerprint density at radius 2 is 1.56 bits per heavy atom. The zero-order valence-electron chi connectivity index (χ0n) is 21.5. The van der Waals surface area contributed by atoms with Crippen molar-refractivity contribution >= 4 is 51.2 Å². The number of amides is 3. The van der Waals surface area contributed by atoms with Gasteiger partial charge in [-0.3, -0.25) is 14.4 Å². The Morgan fingerprint density at radius 3 is 2.26 bits per heavy atom. The number of unbranched alkanes of at least 4 members (excludes halogenated alkanes) is 1. The predicted octanol–water partition coefficient (Wildman–Crippen LogP) is 4.74. The SMILES string of the molecule is CCCCOc1ccc(NC(=O)C(=O)N/N=C\c2ccc(OCC(=O)Nc3ccc(Br)cc3)c(OC)c2)cc1. The van der Waals surface area contributed by atoms with E-state index in [0.717, 1.165) is 17.3 Å². The fourth-order valence-corrected chi connectivity index (χ4v) is 3.39. The van der Waals surface area contributed by atoms with Crippen LogP contribution in [0.2, 0.25) is 0 Å². The number of methoxy groups -OCH3 is 1. The van der Waals surface area contributed by atoms with Crippen LogP contribution in [-0.4, -0.2) is 44.3 Å². The summed E-state index contributed by atoms with van der Waals surface area (Å²) in [5, 5.41) is 9.06. The van der Waals surface area contributed by atoms with E-state index < -0.39 is 11.8 Å². The van der Waals surface area contributed by atoms with Crippen LogP contribution < -0.4 is 30.3 Å². The second kappa shape index (κ2) is 15.1. The minimum absolute atomic E-state index is 0.223. The van der Waals surface area contributed by atoms with Gasteiger partial charge >= 0.3 is 11.8 Å². The number of carbonyl (C=O) groups excluding carboxylic acids is 3. The Bertz CT molecular complexity index is 1300. The number of rotatable bonds is 12. The van der Waals surface area contributed by atoms with Gasteiger partial charge < -0.3 is 24.8 Å². The maximum absolute atomic E-state index is 12.2. The second-order valence-corrected chi connectivity index (χ2v) is 9.05. The zero-order chi connectivity index (χ0) is 28.0. The molecule has 3 N–H and O–H groups in total. The van der Waals surface area contributed by atoms with Crippen LogP contribution in [0.15, 0.2) is 76.3 Å². The Labute approximate surface area is 234 Å². The highest BCUT2D eigenvalue weighted by atomic mass is 79.9. The minimum atomic E-state index is -0.932. The highest BCUT2D eigenvalue weighted by molar-refractivity contribution is 9.10. The fraction of sp³-hybridized carbons (Fsp3) is 0.214. The number of halogens is 1. The first-order chi connectivity index (χ1) is 18.9. The van der Waals surface area contributed by atoms with Crippen LogP contribution in [0.4, 0.5) is 11.4 Å². The lowest BCUT2D eigenvalue weighted by molar-refractivity contribution is -0.136. The molecule has 0 aliphatic rings. The largest absolute Gasteiger partial charge is 0.494 e. The van der Waals surface area contributed by atoms with E-state index in [-0.39, 0.29) is 12.5 Å². The molecule has 0 fully saturated rings. The van der Waals surface area contributed by atoms with Crippen LogP contribution in [0.3, 0.4) is 0 Å². The Kier molecular flexibility index (Phi) is 11.3. The van der Waals surface area contributed by atoms with Crippen LogP contribution in [0, 0.1) is 0 Å². The topological polar surface area (TPSA) is 127 Å². The number of nitrogens with one attached hydrogen (secondary N) is 3. The van der Waals surface area contributed by atoms with Crippen LogP contribution in [-0.2, 0) is 14.4 Å². The van der Waals surface area contributed by atoms with Crippen LogP contribution in [0.25, 0.3) is 0 Å². The summed E-state index contributed by atoms with van der Waals surface area (Å²) in [4.78, 5) is 36.4. The highest BCUT2D eigenvalue weighted by Gasteiger charge is 2.13. The molecule has 3 aromatic carbocycles. The number of anilines is 2. The standard InChI is InChI=1S/C28H29BrN4O6/c1-3-4-15-38-23-12-10-22(11-13-23)32-27(35)28(36)33-30-17-19-5-14-24(25(16-19)37-2)39-18-26(34)31-21-8-6-20(29)7-9-21/h5-14,16-17H,3-4,15,18H2,1-2H3,(H,31,34)(H,32,35)(H,33,36)/b30-17-. The molecule has 0 heterocycles. The van der Waals surface area contributed by atoms with Crippen molar-refractivity contribution in [3.8, 4) is 17.2 Å². The van der Waals surface area contributed by atoms with Crippen molar-refractivity contribution in [3.63, 3.8) is 0 Å². The summed E-state index contributed by atoms with van der Waals surface area (Å²) in [6.07, 6.45) is 3.34. The summed E-state index contributed by atoms with van der Waals surface area (Å²) in [7, 11) is 1.46. The lowest BCUT2D eigenvalue weighted by atomic mass is 10.2. The molecule has 0 aromatic heterocycles. The number of hydrogen-bond acceptors (Lipinski definition) is 7. The summed E-state index contributed by atoms with van der Waals surface area (Å²) >= 11 is 3.34. The normalized spacial score (nSPS) is 10.5. The maximum Gasteiger partial charge on any atom is 0.329 e. The molecule has 0 spiro atoms. The fourth-order valence-electron chi connectivity index (χ4n) is 3.13. The number of carbonyl (C=O) groups is 3. The van der Waals surface area contributed by atoms with Gasteiger partial charge in [-0.2, -0.15) is 5.10 Å². The van der Waals surface area contributed by atoms with Crippen LogP contribution >= 0.6 is 15.9 Å². The molecule has 3 aromatic rings. The van der Waals surface area contributed by atoms with Crippen LogP contribution in [0.5, 0.6) is 17.2 Å². The maximum atomic E-state index is 12.2. The first kappa shape index (κ1) is 29.2. The van der Waals surface area contributed by atoms with E-state index in [4.69, 9.17) is 14.2 Å². The van der Waals surface area contributed by atoms with Crippen molar-refractivity contribution in [2.24, 2.45) is 5.10 Å². The molecule has 0 aliphatic heterocycles. The molecule has 0 saturated carbocycles. The molecule has 3 amide bonds. The number of benzene rings is 3. The first-order valence-corrected chi connectivity index (χ1v) is 12.9. The Balaban J connectivity index is 1.47. The summed E-state index contributed by atoms with van der Waals surface area (Å²) in [6.45, 7) is 2.48. The molecule has 0 unspecified atom stereocenters. The number of nitrogens with zero attached hydrogens (tertiary/aromatic N) is 1. The van der Waals surface area contributed by atoms with Gasteiger partial charge in [-0.25, -0.2) is 5.43 Å². The Hall–Kier alpha value is -4.38. The molecule has 0 bridgehead atoms. The second-order valence-electron chi connectivity index (χ2n) is 8.13. The molecular weight excluding hydrogens is 568 g/mol. The van der Waals surface area contributed by atoms with Crippen molar-refractivity contribution in [2.75, 3.05) is 31.0 Å². The van der Waals surface area contributed by atoms with Crippen molar-refractivity contribution in [1.82, 2.24) is 5.43 Å². The molecule has 3 rings (SSSR count). The molecule has 0 saturated heterocycles. The quantitative estimate of drug-likeness (QED) is 0.120. The third kappa shape index (κ3) is 9.78. The summed E-state index contributed by atoms with van der Waals surface area (Å²) in [6, 6.07) is 18.8. The summed E-state index contributed by atoms with van der Waals surface area (Å²) in [5.74, 6) is -0.728. The van der Waals surface area contributed by atoms with E-state index in [1.54, 1.807) is 54.6 Å². The van der Waals surface area contributed by atoms with E-state index in [9.17, 15) is 14.4 Å². The molecule has 0 aliphatic carbocycles. The minimum Gasteiger partial charge on any atom is -0.494 e. The molecule has 39 heavy (non-hydrogen) atoms. The summed E-state index contributed by atoms with van der Waals surface area (Å²) in [5.41, 5.74) is 3.85. The zero-order valence-corrected chi connectivity index (χ0v) is 23.1. The third-order valence-electron chi connectivity index (χ3n) is 5.14. The van der Waals surface area contributed by atoms with Gasteiger partial charge in [0.2, 0.25) is 0 Å². The molecule has 10 nitrogen and oxygen atoms in total. The van der Waals surface area contributed by atoms with Crippen LogP contribution in [0.1, 0.15) is 25.3 Å². The molecule has 0 atom stereocenters. The third-order valence-corrected chi connectivity index (χ3v) is 5.67. The predicted molar refractivity (Wildman–Crippen MR) is 152 cm³/mol. The van der Waals surface area contributed by atoms with Crippen molar-refractivity contribution in [2.45, 2.75) is 19.8 Å². The smallest absolute Gasteiger partial charge is 0.329 e. The molecular formula is C28H29BrN4O6. The van der Waals surface area contributed by atoms with E-state index >= 15 is 0 Å². The van der Waals surface area contributed by atoms with Gasteiger partial charge in [-0.05, 0) is 78.7 Å². The van der Waals surface area contributed by atoms with Gasteiger partial charge in [-0.1, -0.05) is 29.3 Å². The molecule has 0 radical (unpaired) electrons. The Morgan fingerprint density at radius 1 is 0.872 bits per heavy atom. The number of hydrogen-bond donors (Lipinski definition) is 3. The highest BCUT2D eigenvalue weighted by Crippen LogP contribution is 2.27. The monoisotopic (exact) mass is 596 g/mol.